The van der Waals surface area contributed by atoms with Gasteiger partial charge < -0.3 is 0 Å². The fourth-order valence-corrected chi connectivity index (χ4v) is 2.18. The first-order valence-electron chi connectivity index (χ1n) is 5.59. The van der Waals surface area contributed by atoms with E-state index in [2.05, 4.69) is 18.0 Å². The first-order valence-corrected chi connectivity index (χ1v) is 5.59. The minimum atomic E-state index is 0.813. The standard InChI is InChI=1S/C12H19N/c1-10-7-8-12(13-9-10)11-5-3-2-4-6-11/h5,10H,2-4,6-9H2,1H3. The Labute approximate surface area is 80.9 Å². The van der Waals surface area contributed by atoms with E-state index in [9.17, 15) is 0 Å². The molecule has 0 bridgehead atoms. The molecular weight excluding hydrogens is 158 g/mol. The highest BCUT2D eigenvalue weighted by molar-refractivity contribution is 6.00. The average molecular weight is 177 g/mol. The summed E-state index contributed by atoms with van der Waals surface area (Å²) in [5.74, 6) is 0.813. The zero-order chi connectivity index (χ0) is 9.10. The summed E-state index contributed by atoms with van der Waals surface area (Å²) in [6, 6.07) is 0. The predicted molar refractivity (Wildman–Crippen MR) is 57.3 cm³/mol. The summed E-state index contributed by atoms with van der Waals surface area (Å²) in [6.45, 7) is 3.36. The number of hydrogen-bond donors (Lipinski definition) is 0. The Hall–Kier alpha value is -0.590. The van der Waals surface area contributed by atoms with Crippen LogP contribution in [0.15, 0.2) is 16.6 Å². The van der Waals surface area contributed by atoms with Gasteiger partial charge in [0.2, 0.25) is 0 Å². The zero-order valence-electron chi connectivity index (χ0n) is 8.55. The first-order chi connectivity index (χ1) is 6.36. The van der Waals surface area contributed by atoms with Gasteiger partial charge in [0.25, 0.3) is 0 Å². The van der Waals surface area contributed by atoms with Gasteiger partial charge in [0, 0.05) is 12.3 Å². The first kappa shape index (κ1) is 8.98. The van der Waals surface area contributed by atoms with Crippen molar-refractivity contribution in [1.82, 2.24) is 0 Å². The molecule has 0 aromatic carbocycles. The molecule has 0 N–H and O–H groups in total. The van der Waals surface area contributed by atoms with Gasteiger partial charge in [-0.2, -0.15) is 0 Å². The molecule has 13 heavy (non-hydrogen) atoms. The Bertz CT molecular complexity index is 238. The molecule has 0 saturated carbocycles. The van der Waals surface area contributed by atoms with E-state index in [4.69, 9.17) is 0 Å². The van der Waals surface area contributed by atoms with Gasteiger partial charge >= 0.3 is 0 Å². The third kappa shape index (κ3) is 2.20. The molecule has 1 atom stereocenters. The monoisotopic (exact) mass is 177 g/mol. The number of hydrogen-bond acceptors (Lipinski definition) is 1. The van der Waals surface area contributed by atoms with Gasteiger partial charge in [0.05, 0.1) is 0 Å². The van der Waals surface area contributed by atoms with E-state index < -0.39 is 0 Å². The van der Waals surface area contributed by atoms with Crippen LogP contribution in [0.3, 0.4) is 0 Å². The molecule has 1 heteroatoms. The zero-order valence-corrected chi connectivity index (χ0v) is 8.55. The Balaban J connectivity index is 2.03. The molecule has 1 heterocycles. The van der Waals surface area contributed by atoms with E-state index in [0.29, 0.717) is 0 Å². The minimum absolute atomic E-state index is 0.813. The third-order valence-electron chi connectivity index (χ3n) is 3.13. The molecule has 1 nitrogen and oxygen atoms in total. The van der Waals surface area contributed by atoms with Gasteiger partial charge in [-0.25, -0.2) is 0 Å². The lowest BCUT2D eigenvalue weighted by Gasteiger charge is -2.21. The van der Waals surface area contributed by atoms with Crippen LogP contribution in [0.4, 0.5) is 0 Å². The van der Waals surface area contributed by atoms with Crippen molar-refractivity contribution in [3.63, 3.8) is 0 Å². The van der Waals surface area contributed by atoms with Crippen LogP contribution >= 0.6 is 0 Å². The minimum Gasteiger partial charge on any atom is -0.289 e. The van der Waals surface area contributed by atoms with E-state index in [0.717, 1.165) is 12.5 Å². The van der Waals surface area contributed by atoms with Crippen LogP contribution in [0.5, 0.6) is 0 Å². The van der Waals surface area contributed by atoms with Gasteiger partial charge in [0.1, 0.15) is 0 Å². The summed E-state index contributed by atoms with van der Waals surface area (Å²) in [6.07, 6.45) is 10.3. The van der Waals surface area contributed by atoms with Crippen molar-refractivity contribution in [1.29, 1.82) is 0 Å². The average Bonchev–Trinajstić information content (AvgIpc) is 2.20. The lowest BCUT2D eigenvalue weighted by molar-refractivity contribution is 0.536. The van der Waals surface area contributed by atoms with E-state index in [1.165, 1.54) is 44.2 Å². The van der Waals surface area contributed by atoms with Crippen molar-refractivity contribution < 1.29 is 0 Å². The van der Waals surface area contributed by atoms with Crippen LogP contribution in [0.2, 0.25) is 0 Å². The molecule has 1 aliphatic carbocycles. The Morgan fingerprint density at radius 2 is 2.23 bits per heavy atom. The second-order valence-corrected chi connectivity index (χ2v) is 4.41. The van der Waals surface area contributed by atoms with Crippen molar-refractivity contribution in [2.24, 2.45) is 10.9 Å². The number of aliphatic imine (C=N–C) groups is 1. The van der Waals surface area contributed by atoms with Crippen LogP contribution in [-0.4, -0.2) is 12.3 Å². The highest BCUT2D eigenvalue weighted by Crippen LogP contribution is 2.24. The van der Waals surface area contributed by atoms with E-state index in [-0.39, 0.29) is 0 Å². The highest BCUT2D eigenvalue weighted by Gasteiger charge is 2.15. The van der Waals surface area contributed by atoms with Crippen molar-refractivity contribution in [3.05, 3.63) is 11.6 Å². The summed E-state index contributed by atoms with van der Waals surface area (Å²) in [5, 5.41) is 0. The van der Waals surface area contributed by atoms with Crippen LogP contribution in [0.1, 0.15) is 45.4 Å². The molecule has 0 radical (unpaired) electrons. The van der Waals surface area contributed by atoms with Crippen LogP contribution in [0.25, 0.3) is 0 Å². The van der Waals surface area contributed by atoms with Gasteiger partial charge in [0.15, 0.2) is 0 Å². The molecule has 1 unspecified atom stereocenters. The van der Waals surface area contributed by atoms with Gasteiger partial charge in [-0.3, -0.25) is 4.99 Å². The topological polar surface area (TPSA) is 12.4 Å². The molecule has 0 fully saturated rings. The Kier molecular flexibility index (Phi) is 2.82. The Morgan fingerprint density at radius 3 is 2.85 bits per heavy atom. The van der Waals surface area contributed by atoms with Crippen molar-refractivity contribution in [2.75, 3.05) is 6.54 Å². The molecule has 2 rings (SSSR count). The maximum Gasteiger partial charge on any atom is 0.0418 e. The molecule has 0 saturated heterocycles. The largest absolute Gasteiger partial charge is 0.289 e. The van der Waals surface area contributed by atoms with Gasteiger partial charge in [-0.1, -0.05) is 13.0 Å². The normalized spacial score (nSPS) is 29.5. The third-order valence-corrected chi connectivity index (χ3v) is 3.13. The summed E-state index contributed by atoms with van der Waals surface area (Å²) >= 11 is 0. The van der Waals surface area contributed by atoms with E-state index >= 15 is 0 Å². The van der Waals surface area contributed by atoms with Crippen LogP contribution < -0.4 is 0 Å². The smallest absolute Gasteiger partial charge is 0.0418 e. The molecule has 0 aromatic heterocycles. The fourth-order valence-electron chi connectivity index (χ4n) is 2.18. The second kappa shape index (κ2) is 4.08. The quantitative estimate of drug-likeness (QED) is 0.582. The maximum absolute atomic E-state index is 4.68. The molecular formula is C12H19N. The molecule has 0 aromatic rings. The summed E-state index contributed by atoms with van der Waals surface area (Å²) in [7, 11) is 0. The lowest BCUT2D eigenvalue weighted by atomic mass is 9.90. The molecule has 72 valence electrons. The maximum atomic E-state index is 4.68. The number of rotatable bonds is 1. The summed E-state index contributed by atoms with van der Waals surface area (Å²) in [5.41, 5.74) is 3.00. The number of nitrogens with zero attached hydrogens (tertiary/aromatic N) is 1. The molecule has 1 aliphatic heterocycles. The van der Waals surface area contributed by atoms with Crippen molar-refractivity contribution >= 4 is 5.71 Å². The molecule has 0 amide bonds. The van der Waals surface area contributed by atoms with E-state index in [1.807, 2.05) is 0 Å². The number of allylic oxidation sites excluding steroid dienone is 2. The highest BCUT2D eigenvalue weighted by atomic mass is 14.8. The van der Waals surface area contributed by atoms with E-state index in [1.54, 1.807) is 5.57 Å². The SMILES string of the molecule is CC1CCC(C2=CCCCC2)=NC1. The fraction of sp³-hybridized carbons (Fsp3) is 0.750. The van der Waals surface area contributed by atoms with Gasteiger partial charge in [-0.15, -0.1) is 0 Å². The van der Waals surface area contributed by atoms with Crippen molar-refractivity contribution in [2.45, 2.75) is 45.4 Å². The molecule has 0 spiro atoms. The van der Waals surface area contributed by atoms with Gasteiger partial charge in [-0.05, 0) is 50.0 Å². The van der Waals surface area contributed by atoms with Crippen molar-refractivity contribution in [3.8, 4) is 0 Å². The molecule has 2 aliphatic rings. The summed E-state index contributed by atoms with van der Waals surface area (Å²) in [4.78, 5) is 4.68. The lowest BCUT2D eigenvalue weighted by Crippen LogP contribution is -2.16. The Morgan fingerprint density at radius 1 is 1.31 bits per heavy atom. The second-order valence-electron chi connectivity index (χ2n) is 4.41. The van der Waals surface area contributed by atoms with Crippen LogP contribution in [-0.2, 0) is 0 Å². The summed E-state index contributed by atoms with van der Waals surface area (Å²) < 4.78 is 0. The predicted octanol–water partition coefficient (Wildman–Crippen LogP) is 3.36. The van der Waals surface area contributed by atoms with Crippen LogP contribution in [0, 0.1) is 5.92 Å².